The molecule has 82 valence electrons. The van der Waals surface area contributed by atoms with E-state index in [0.29, 0.717) is 11.4 Å². The number of carbonyl (C=O) groups excluding carboxylic acids is 1. The number of amides is 1. The van der Waals surface area contributed by atoms with Crippen LogP contribution in [0.2, 0.25) is 0 Å². The Morgan fingerprint density at radius 1 is 1.44 bits per heavy atom. The van der Waals surface area contributed by atoms with Gasteiger partial charge in [0.1, 0.15) is 5.76 Å². The van der Waals surface area contributed by atoms with E-state index in [2.05, 4.69) is 10.3 Å². The van der Waals surface area contributed by atoms with E-state index in [1.165, 1.54) is 0 Å². The third-order valence-corrected chi connectivity index (χ3v) is 2.11. The number of hydrogen-bond acceptors (Lipinski definition) is 3. The molecule has 0 spiro atoms. The number of aromatic nitrogens is 1. The van der Waals surface area contributed by atoms with Crippen LogP contribution in [0.5, 0.6) is 0 Å². The lowest BCUT2D eigenvalue weighted by Crippen LogP contribution is -2.14. The van der Waals surface area contributed by atoms with Crippen LogP contribution in [0.4, 0.5) is 5.69 Å². The fourth-order valence-corrected chi connectivity index (χ4v) is 1.32. The summed E-state index contributed by atoms with van der Waals surface area (Å²) < 4.78 is 5.08. The third-order valence-electron chi connectivity index (χ3n) is 2.11. The van der Waals surface area contributed by atoms with Gasteiger partial charge >= 0.3 is 0 Å². The van der Waals surface area contributed by atoms with Gasteiger partial charge in [0.15, 0.2) is 0 Å². The van der Waals surface area contributed by atoms with Crippen LogP contribution in [-0.2, 0) is 11.2 Å². The first-order chi connectivity index (χ1) is 7.74. The van der Waals surface area contributed by atoms with Gasteiger partial charge in [-0.1, -0.05) is 0 Å². The predicted molar refractivity (Wildman–Crippen MR) is 60.0 cm³/mol. The summed E-state index contributed by atoms with van der Waals surface area (Å²) in [5, 5.41) is 2.75. The highest BCUT2D eigenvalue weighted by Gasteiger charge is 2.05. The normalized spacial score (nSPS) is 10.1. The second-order valence-electron chi connectivity index (χ2n) is 3.49. The average Bonchev–Trinajstić information content (AvgIpc) is 2.74. The highest BCUT2D eigenvalue weighted by atomic mass is 16.3. The summed E-state index contributed by atoms with van der Waals surface area (Å²) in [7, 11) is 0. The Balaban J connectivity index is 1.95. The van der Waals surface area contributed by atoms with Crippen LogP contribution < -0.4 is 5.32 Å². The number of rotatable bonds is 3. The molecule has 0 saturated carbocycles. The molecule has 1 N–H and O–H groups in total. The number of pyridine rings is 1. The molecule has 2 aromatic rings. The van der Waals surface area contributed by atoms with E-state index < -0.39 is 0 Å². The molecule has 0 aromatic carbocycles. The summed E-state index contributed by atoms with van der Waals surface area (Å²) in [6.45, 7) is 1.90. The fourth-order valence-electron chi connectivity index (χ4n) is 1.32. The molecule has 0 atom stereocenters. The molecule has 4 heteroatoms. The summed E-state index contributed by atoms with van der Waals surface area (Å²) >= 11 is 0. The quantitative estimate of drug-likeness (QED) is 0.855. The summed E-state index contributed by atoms with van der Waals surface area (Å²) in [5.74, 6) is 0.540. The van der Waals surface area contributed by atoms with E-state index in [-0.39, 0.29) is 12.3 Å². The molecule has 4 nitrogen and oxygen atoms in total. The van der Waals surface area contributed by atoms with Crippen molar-refractivity contribution in [3.8, 4) is 0 Å². The number of furan rings is 1. The van der Waals surface area contributed by atoms with Crippen LogP contribution in [0.25, 0.3) is 0 Å². The SMILES string of the molecule is Cc1ccc(NC(=O)Cc2ccco2)cn1. The van der Waals surface area contributed by atoms with Crippen molar-refractivity contribution >= 4 is 11.6 Å². The number of aryl methyl sites for hydroxylation is 1. The topological polar surface area (TPSA) is 55.1 Å². The van der Waals surface area contributed by atoms with E-state index in [0.717, 1.165) is 5.69 Å². The molecule has 2 rings (SSSR count). The van der Waals surface area contributed by atoms with Crippen LogP contribution in [-0.4, -0.2) is 10.9 Å². The van der Waals surface area contributed by atoms with Crippen molar-refractivity contribution in [1.29, 1.82) is 0 Å². The van der Waals surface area contributed by atoms with Gasteiger partial charge < -0.3 is 9.73 Å². The van der Waals surface area contributed by atoms with E-state index in [9.17, 15) is 4.79 Å². The van der Waals surface area contributed by atoms with Gasteiger partial charge in [-0.3, -0.25) is 9.78 Å². The molecule has 0 unspecified atom stereocenters. The summed E-state index contributed by atoms with van der Waals surface area (Å²) in [6.07, 6.45) is 3.42. The maximum absolute atomic E-state index is 11.6. The molecule has 2 heterocycles. The van der Waals surface area contributed by atoms with E-state index in [1.54, 1.807) is 24.6 Å². The molecular formula is C12H12N2O2. The van der Waals surface area contributed by atoms with Gasteiger partial charge in [-0.05, 0) is 31.2 Å². The van der Waals surface area contributed by atoms with Gasteiger partial charge in [0.25, 0.3) is 0 Å². The van der Waals surface area contributed by atoms with Gasteiger partial charge in [-0.15, -0.1) is 0 Å². The summed E-state index contributed by atoms with van der Waals surface area (Å²) in [5.41, 5.74) is 1.62. The number of nitrogens with one attached hydrogen (secondary N) is 1. The first-order valence-corrected chi connectivity index (χ1v) is 4.99. The lowest BCUT2D eigenvalue weighted by atomic mass is 10.3. The number of nitrogens with zero attached hydrogens (tertiary/aromatic N) is 1. The highest BCUT2D eigenvalue weighted by molar-refractivity contribution is 5.91. The maximum atomic E-state index is 11.6. The lowest BCUT2D eigenvalue weighted by molar-refractivity contribution is -0.115. The largest absolute Gasteiger partial charge is 0.469 e. The van der Waals surface area contributed by atoms with Crippen LogP contribution in [0.1, 0.15) is 11.5 Å². The Kier molecular flexibility index (Phi) is 3.00. The Hall–Kier alpha value is -2.10. The van der Waals surface area contributed by atoms with Crippen LogP contribution >= 0.6 is 0 Å². The Bertz CT molecular complexity index is 460. The molecule has 2 aromatic heterocycles. The maximum Gasteiger partial charge on any atom is 0.232 e. The zero-order chi connectivity index (χ0) is 11.4. The van der Waals surface area contributed by atoms with Crippen LogP contribution in [0.15, 0.2) is 41.1 Å². The van der Waals surface area contributed by atoms with E-state index in [4.69, 9.17) is 4.42 Å². The smallest absolute Gasteiger partial charge is 0.232 e. The third kappa shape index (κ3) is 2.70. The molecule has 0 saturated heterocycles. The Morgan fingerprint density at radius 3 is 2.94 bits per heavy atom. The minimum Gasteiger partial charge on any atom is -0.469 e. The van der Waals surface area contributed by atoms with Gasteiger partial charge in [0.2, 0.25) is 5.91 Å². The van der Waals surface area contributed by atoms with Crippen molar-refractivity contribution in [2.24, 2.45) is 0 Å². The van der Waals surface area contributed by atoms with Gasteiger partial charge in [-0.2, -0.15) is 0 Å². The van der Waals surface area contributed by atoms with Crippen molar-refractivity contribution < 1.29 is 9.21 Å². The zero-order valence-electron chi connectivity index (χ0n) is 8.93. The van der Waals surface area contributed by atoms with Gasteiger partial charge in [0, 0.05) is 5.69 Å². The summed E-state index contributed by atoms with van der Waals surface area (Å²) in [6, 6.07) is 7.20. The van der Waals surface area contributed by atoms with Crippen molar-refractivity contribution in [2.45, 2.75) is 13.3 Å². The lowest BCUT2D eigenvalue weighted by Gasteiger charge is -2.03. The van der Waals surface area contributed by atoms with Gasteiger partial charge in [0.05, 0.1) is 24.6 Å². The molecule has 1 amide bonds. The predicted octanol–water partition coefficient (Wildman–Crippen LogP) is 2.16. The first-order valence-electron chi connectivity index (χ1n) is 4.99. The van der Waals surface area contributed by atoms with Gasteiger partial charge in [-0.25, -0.2) is 0 Å². The molecule has 0 radical (unpaired) electrons. The molecule has 0 bridgehead atoms. The zero-order valence-corrected chi connectivity index (χ0v) is 8.93. The standard InChI is InChI=1S/C12H12N2O2/c1-9-4-5-10(8-13-9)14-12(15)7-11-3-2-6-16-11/h2-6,8H,7H2,1H3,(H,14,15). The van der Waals surface area contributed by atoms with Crippen molar-refractivity contribution in [3.63, 3.8) is 0 Å². The monoisotopic (exact) mass is 216 g/mol. The van der Waals surface area contributed by atoms with Crippen molar-refractivity contribution in [3.05, 3.63) is 48.2 Å². The molecule has 0 fully saturated rings. The highest BCUT2D eigenvalue weighted by Crippen LogP contribution is 2.07. The second kappa shape index (κ2) is 4.61. The minimum atomic E-state index is -0.111. The Labute approximate surface area is 93.3 Å². The minimum absolute atomic E-state index is 0.111. The molecular weight excluding hydrogens is 204 g/mol. The van der Waals surface area contributed by atoms with Crippen molar-refractivity contribution in [2.75, 3.05) is 5.32 Å². The molecule has 16 heavy (non-hydrogen) atoms. The van der Waals surface area contributed by atoms with Crippen LogP contribution in [0, 0.1) is 6.92 Å². The number of hydrogen-bond donors (Lipinski definition) is 1. The molecule has 0 aliphatic rings. The van der Waals surface area contributed by atoms with E-state index in [1.807, 2.05) is 19.1 Å². The van der Waals surface area contributed by atoms with Crippen LogP contribution in [0.3, 0.4) is 0 Å². The fraction of sp³-hybridized carbons (Fsp3) is 0.167. The number of anilines is 1. The molecule has 0 aliphatic carbocycles. The molecule has 0 aliphatic heterocycles. The Morgan fingerprint density at radius 2 is 2.31 bits per heavy atom. The second-order valence-corrected chi connectivity index (χ2v) is 3.49. The van der Waals surface area contributed by atoms with Crippen molar-refractivity contribution in [1.82, 2.24) is 4.98 Å². The first kappa shape index (κ1) is 10.4. The number of carbonyl (C=O) groups is 1. The van der Waals surface area contributed by atoms with E-state index >= 15 is 0 Å². The summed E-state index contributed by atoms with van der Waals surface area (Å²) in [4.78, 5) is 15.7. The average molecular weight is 216 g/mol.